The molecule has 0 saturated carbocycles. The van der Waals surface area contributed by atoms with Crippen LogP contribution >= 0.6 is 0 Å². The van der Waals surface area contributed by atoms with Crippen LogP contribution in [0.5, 0.6) is 5.75 Å². The molecule has 46 heavy (non-hydrogen) atoms. The Labute approximate surface area is 272 Å². The Balaban J connectivity index is 1.25. The van der Waals surface area contributed by atoms with Crippen LogP contribution in [0, 0.1) is 6.92 Å². The molecule has 0 saturated heterocycles. The first-order valence-corrected chi connectivity index (χ1v) is 17.3. The molecule has 246 valence electrons. The number of hydrogen-bond donors (Lipinski definition) is 6. The Kier molecular flexibility index (Phi) is 12.9. The lowest BCUT2D eigenvalue weighted by atomic mass is 10.1. The summed E-state index contributed by atoms with van der Waals surface area (Å²) >= 11 is 0. The van der Waals surface area contributed by atoms with Gasteiger partial charge in [0.25, 0.3) is 10.0 Å². The van der Waals surface area contributed by atoms with Crippen molar-refractivity contribution in [3.63, 3.8) is 0 Å². The Morgan fingerprint density at radius 2 is 1.54 bits per heavy atom. The number of rotatable bonds is 18. The monoisotopic (exact) mass is 647 g/mol. The Morgan fingerprint density at radius 1 is 0.848 bits per heavy atom. The molecule has 11 heteroatoms. The highest BCUT2D eigenvalue weighted by Gasteiger charge is 2.17. The third-order valence-electron chi connectivity index (χ3n) is 7.66. The van der Waals surface area contributed by atoms with E-state index in [9.17, 15) is 23.7 Å². The highest BCUT2D eigenvalue weighted by molar-refractivity contribution is 7.92. The van der Waals surface area contributed by atoms with Crippen LogP contribution in [0.25, 0.3) is 0 Å². The van der Waals surface area contributed by atoms with Gasteiger partial charge in [-0.1, -0.05) is 50.8 Å². The third kappa shape index (κ3) is 10.5. The molecule has 6 N–H and O–H groups in total. The minimum absolute atomic E-state index is 0.00729. The lowest BCUT2D eigenvalue weighted by Crippen LogP contribution is -2.23. The molecule has 4 aromatic rings. The van der Waals surface area contributed by atoms with Gasteiger partial charge in [0.1, 0.15) is 5.75 Å². The molecule has 0 spiro atoms. The SMILES string of the molecule is CCCCCCCc1cc(C)nc(NS(=O)(=O)c2ccc(Nc3ccc(CCNCC(O)c4ccc(O)c(CO)c4)cc3)cc2)n1. The van der Waals surface area contributed by atoms with Crippen molar-refractivity contribution in [3.05, 3.63) is 101 Å². The van der Waals surface area contributed by atoms with Crippen LogP contribution in [0.15, 0.2) is 77.7 Å². The van der Waals surface area contributed by atoms with E-state index in [1.165, 1.54) is 25.3 Å². The number of nitrogens with zero attached hydrogens (tertiary/aromatic N) is 2. The van der Waals surface area contributed by atoms with Crippen LogP contribution in [0.2, 0.25) is 0 Å². The van der Waals surface area contributed by atoms with E-state index in [-0.39, 0.29) is 23.2 Å². The summed E-state index contributed by atoms with van der Waals surface area (Å²) < 4.78 is 28.7. The highest BCUT2D eigenvalue weighted by atomic mass is 32.2. The molecule has 1 heterocycles. The summed E-state index contributed by atoms with van der Waals surface area (Å²) in [5.74, 6) is 0.0964. The largest absolute Gasteiger partial charge is 0.508 e. The van der Waals surface area contributed by atoms with E-state index in [0.717, 1.165) is 54.0 Å². The molecule has 1 unspecified atom stereocenters. The standard InChI is InChI=1S/C35H45N5O5S/c1-3-4-5-6-7-8-31-21-25(2)37-35(39-31)40-46(44,45)32-16-14-30(15-17-32)38-29-12-9-26(10-13-29)19-20-36-23-34(43)27-11-18-33(42)28(22-27)24-41/h9-18,21-22,34,36,38,41-43H,3-8,19-20,23-24H2,1-2H3,(H,37,39,40). The maximum Gasteiger partial charge on any atom is 0.264 e. The number of benzene rings is 3. The van der Waals surface area contributed by atoms with Crippen LogP contribution < -0.4 is 15.4 Å². The fraction of sp³-hybridized carbons (Fsp3) is 0.371. The van der Waals surface area contributed by atoms with Crippen LogP contribution in [-0.4, -0.2) is 46.8 Å². The fourth-order valence-corrected chi connectivity index (χ4v) is 6.01. The predicted octanol–water partition coefficient (Wildman–Crippen LogP) is 5.91. The number of aryl methyl sites for hydroxylation is 2. The van der Waals surface area contributed by atoms with E-state index in [1.54, 1.807) is 36.4 Å². The van der Waals surface area contributed by atoms with Gasteiger partial charge >= 0.3 is 0 Å². The number of aliphatic hydroxyl groups excluding tert-OH is 2. The minimum atomic E-state index is -3.86. The van der Waals surface area contributed by atoms with Crippen LogP contribution in [0.4, 0.5) is 17.3 Å². The summed E-state index contributed by atoms with van der Waals surface area (Å²) in [4.78, 5) is 8.86. The number of hydrogen-bond acceptors (Lipinski definition) is 9. The molecular weight excluding hydrogens is 602 g/mol. The van der Waals surface area contributed by atoms with Crippen molar-refractivity contribution in [2.45, 2.75) is 76.4 Å². The molecule has 0 radical (unpaired) electrons. The van der Waals surface area contributed by atoms with Crippen LogP contribution in [0.1, 0.15) is 73.2 Å². The van der Waals surface area contributed by atoms with Crippen molar-refractivity contribution >= 4 is 27.3 Å². The third-order valence-corrected chi connectivity index (χ3v) is 9.01. The second-order valence-corrected chi connectivity index (χ2v) is 13.1. The van der Waals surface area contributed by atoms with Gasteiger partial charge in [-0.15, -0.1) is 0 Å². The van der Waals surface area contributed by atoms with E-state index in [4.69, 9.17) is 0 Å². The summed E-state index contributed by atoms with van der Waals surface area (Å²) in [7, 11) is -3.86. The minimum Gasteiger partial charge on any atom is -0.508 e. The number of phenols is 1. The molecule has 10 nitrogen and oxygen atoms in total. The van der Waals surface area contributed by atoms with Gasteiger partial charge in [0.2, 0.25) is 5.95 Å². The quantitative estimate of drug-likeness (QED) is 0.0723. The zero-order valence-corrected chi connectivity index (χ0v) is 27.4. The van der Waals surface area contributed by atoms with Crippen molar-refractivity contribution in [2.24, 2.45) is 0 Å². The zero-order chi connectivity index (χ0) is 32.9. The van der Waals surface area contributed by atoms with Gasteiger partial charge in [0.05, 0.1) is 17.6 Å². The highest BCUT2D eigenvalue weighted by Crippen LogP contribution is 2.23. The first kappa shape index (κ1) is 34.8. The zero-order valence-electron chi connectivity index (χ0n) is 26.5. The van der Waals surface area contributed by atoms with Gasteiger partial charge in [-0.25, -0.2) is 23.1 Å². The summed E-state index contributed by atoms with van der Waals surface area (Å²) in [5.41, 5.74) is 5.30. The number of nitrogens with one attached hydrogen (secondary N) is 3. The second kappa shape index (κ2) is 17.0. The molecular formula is C35H45N5O5S. The Morgan fingerprint density at radius 3 is 2.24 bits per heavy atom. The van der Waals surface area contributed by atoms with E-state index in [2.05, 4.69) is 32.2 Å². The second-order valence-electron chi connectivity index (χ2n) is 11.5. The molecule has 1 atom stereocenters. The lowest BCUT2D eigenvalue weighted by molar-refractivity contribution is 0.174. The smallest absolute Gasteiger partial charge is 0.264 e. The molecule has 0 bridgehead atoms. The maximum absolute atomic E-state index is 13.1. The summed E-state index contributed by atoms with van der Waals surface area (Å²) in [6.07, 6.45) is 6.54. The van der Waals surface area contributed by atoms with Gasteiger partial charge in [-0.2, -0.15) is 0 Å². The average Bonchev–Trinajstić information content (AvgIpc) is 3.03. The van der Waals surface area contributed by atoms with E-state index < -0.39 is 16.1 Å². The van der Waals surface area contributed by atoms with Gasteiger partial charge in [0, 0.05) is 34.9 Å². The van der Waals surface area contributed by atoms with Gasteiger partial charge in [-0.05, 0) is 98.5 Å². The molecule has 0 aliphatic rings. The van der Waals surface area contributed by atoms with Crippen molar-refractivity contribution in [1.29, 1.82) is 0 Å². The summed E-state index contributed by atoms with van der Waals surface area (Å²) in [6.45, 7) is 4.73. The van der Waals surface area contributed by atoms with Crippen LogP contribution in [0.3, 0.4) is 0 Å². The Bertz CT molecular complexity index is 1650. The van der Waals surface area contributed by atoms with Gasteiger partial charge in [-0.3, -0.25) is 0 Å². The number of aromatic nitrogens is 2. The first-order chi connectivity index (χ1) is 22.2. The number of sulfonamides is 1. The number of aromatic hydroxyl groups is 1. The molecule has 3 aromatic carbocycles. The van der Waals surface area contributed by atoms with Crippen molar-refractivity contribution in [2.75, 3.05) is 23.1 Å². The predicted molar refractivity (Wildman–Crippen MR) is 182 cm³/mol. The number of anilines is 3. The molecule has 1 aromatic heterocycles. The van der Waals surface area contributed by atoms with E-state index >= 15 is 0 Å². The van der Waals surface area contributed by atoms with Crippen molar-refractivity contribution < 1.29 is 23.7 Å². The molecule has 0 amide bonds. The fourth-order valence-electron chi connectivity index (χ4n) is 5.06. The first-order valence-electron chi connectivity index (χ1n) is 15.8. The molecule has 4 rings (SSSR count). The number of unbranched alkanes of at least 4 members (excludes halogenated alkanes) is 4. The summed E-state index contributed by atoms with van der Waals surface area (Å²) in [5, 5.41) is 36.0. The number of aliphatic hydroxyl groups is 2. The summed E-state index contributed by atoms with van der Waals surface area (Å²) in [6, 6.07) is 21.1. The average molecular weight is 648 g/mol. The molecule has 0 fully saturated rings. The normalized spacial score (nSPS) is 12.2. The van der Waals surface area contributed by atoms with Gasteiger partial charge in [0.15, 0.2) is 0 Å². The van der Waals surface area contributed by atoms with Crippen LogP contribution in [-0.2, 0) is 29.5 Å². The Hall–Kier alpha value is -4.03. The van der Waals surface area contributed by atoms with E-state index in [1.807, 2.05) is 37.3 Å². The maximum atomic E-state index is 13.1. The van der Waals surface area contributed by atoms with E-state index in [0.29, 0.717) is 24.2 Å². The van der Waals surface area contributed by atoms with Crippen molar-refractivity contribution in [1.82, 2.24) is 15.3 Å². The molecule has 0 aliphatic heterocycles. The van der Waals surface area contributed by atoms with Crippen molar-refractivity contribution in [3.8, 4) is 5.75 Å². The lowest BCUT2D eigenvalue weighted by Gasteiger charge is -2.14. The topological polar surface area (TPSA) is 157 Å². The molecule has 0 aliphatic carbocycles. The van der Waals surface area contributed by atoms with Gasteiger partial charge < -0.3 is 26.0 Å².